The largest absolute Gasteiger partial charge is 0.462 e. The van der Waals surface area contributed by atoms with Crippen LogP contribution in [0.4, 0.5) is 5.69 Å². The molecular formula is C15H17N3O2. The van der Waals surface area contributed by atoms with Crippen molar-refractivity contribution in [1.29, 1.82) is 0 Å². The molecule has 1 N–H and O–H groups in total. The SMILES string of the molecule is CCOC(=O)c1ccccc1NCc1ccnc(C)n1. The molecule has 0 radical (unpaired) electrons. The Hall–Kier alpha value is -2.43. The molecule has 5 heteroatoms. The first-order valence-electron chi connectivity index (χ1n) is 6.49. The second-order valence-corrected chi connectivity index (χ2v) is 4.21. The van der Waals surface area contributed by atoms with Crippen LogP contribution < -0.4 is 5.32 Å². The van der Waals surface area contributed by atoms with Crippen molar-refractivity contribution in [2.75, 3.05) is 11.9 Å². The molecular weight excluding hydrogens is 254 g/mol. The smallest absolute Gasteiger partial charge is 0.340 e. The highest BCUT2D eigenvalue weighted by Crippen LogP contribution is 2.17. The van der Waals surface area contributed by atoms with E-state index >= 15 is 0 Å². The first kappa shape index (κ1) is 14.0. The van der Waals surface area contributed by atoms with Gasteiger partial charge in [0.25, 0.3) is 0 Å². The molecule has 1 heterocycles. The maximum Gasteiger partial charge on any atom is 0.340 e. The lowest BCUT2D eigenvalue weighted by Crippen LogP contribution is -2.10. The quantitative estimate of drug-likeness (QED) is 0.847. The Morgan fingerprint density at radius 2 is 2.10 bits per heavy atom. The van der Waals surface area contributed by atoms with E-state index in [1.54, 1.807) is 19.2 Å². The Morgan fingerprint density at radius 3 is 2.85 bits per heavy atom. The summed E-state index contributed by atoms with van der Waals surface area (Å²) in [6, 6.07) is 9.11. The van der Waals surface area contributed by atoms with Crippen molar-refractivity contribution < 1.29 is 9.53 Å². The lowest BCUT2D eigenvalue weighted by atomic mass is 10.1. The summed E-state index contributed by atoms with van der Waals surface area (Å²) in [5.41, 5.74) is 2.14. The van der Waals surface area contributed by atoms with E-state index in [2.05, 4.69) is 15.3 Å². The Morgan fingerprint density at radius 1 is 1.30 bits per heavy atom. The van der Waals surface area contributed by atoms with Crippen molar-refractivity contribution in [3.05, 3.63) is 53.6 Å². The van der Waals surface area contributed by atoms with Gasteiger partial charge in [0.15, 0.2) is 0 Å². The molecule has 0 atom stereocenters. The minimum absolute atomic E-state index is 0.325. The molecule has 0 amide bonds. The molecule has 0 unspecified atom stereocenters. The summed E-state index contributed by atoms with van der Waals surface area (Å²) >= 11 is 0. The minimum Gasteiger partial charge on any atom is -0.462 e. The van der Waals surface area contributed by atoms with Crippen molar-refractivity contribution in [3.8, 4) is 0 Å². The van der Waals surface area contributed by atoms with Gasteiger partial charge in [-0.05, 0) is 32.0 Å². The van der Waals surface area contributed by atoms with Gasteiger partial charge in [0.2, 0.25) is 0 Å². The van der Waals surface area contributed by atoms with E-state index in [0.29, 0.717) is 18.7 Å². The van der Waals surface area contributed by atoms with Crippen LogP contribution in [0.15, 0.2) is 36.5 Å². The van der Waals surface area contributed by atoms with E-state index < -0.39 is 0 Å². The minimum atomic E-state index is -0.325. The molecule has 0 bridgehead atoms. The van der Waals surface area contributed by atoms with E-state index in [1.807, 2.05) is 31.2 Å². The summed E-state index contributed by atoms with van der Waals surface area (Å²) in [4.78, 5) is 20.2. The molecule has 0 fully saturated rings. The molecule has 0 aliphatic carbocycles. The normalized spacial score (nSPS) is 10.1. The molecule has 0 aliphatic rings. The number of nitrogens with one attached hydrogen (secondary N) is 1. The number of hydrogen-bond acceptors (Lipinski definition) is 5. The lowest BCUT2D eigenvalue weighted by molar-refractivity contribution is 0.0527. The predicted octanol–water partition coefficient (Wildman–Crippen LogP) is 2.57. The number of anilines is 1. The molecule has 0 saturated heterocycles. The van der Waals surface area contributed by atoms with Gasteiger partial charge in [-0.25, -0.2) is 14.8 Å². The fourth-order valence-corrected chi connectivity index (χ4v) is 1.81. The molecule has 104 valence electrons. The summed E-state index contributed by atoms with van der Waals surface area (Å²) in [5.74, 6) is 0.400. The first-order valence-corrected chi connectivity index (χ1v) is 6.49. The number of carbonyl (C=O) groups excluding carboxylic acids is 1. The van der Waals surface area contributed by atoms with Crippen molar-refractivity contribution >= 4 is 11.7 Å². The highest BCUT2D eigenvalue weighted by molar-refractivity contribution is 5.95. The Balaban J connectivity index is 2.11. The third kappa shape index (κ3) is 3.54. The summed E-state index contributed by atoms with van der Waals surface area (Å²) in [6.07, 6.45) is 1.72. The molecule has 1 aromatic heterocycles. The zero-order chi connectivity index (χ0) is 14.4. The van der Waals surface area contributed by atoms with Crippen molar-refractivity contribution in [3.63, 3.8) is 0 Å². The second kappa shape index (κ2) is 6.65. The molecule has 2 aromatic rings. The Labute approximate surface area is 118 Å². The van der Waals surface area contributed by atoms with Crippen LogP contribution >= 0.6 is 0 Å². The van der Waals surface area contributed by atoms with Crippen molar-refractivity contribution in [1.82, 2.24) is 9.97 Å². The fourth-order valence-electron chi connectivity index (χ4n) is 1.81. The predicted molar refractivity (Wildman–Crippen MR) is 76.5 cm³/mol. The van der Waals surface area contributed by atoms with Gasteiger partial charge in [0.1, 0.15) is 5.82 Å². The summed E-state index contributed by atoms with van der Waals surface area (Å²) in [7, 11) is 0. The molecule has 0 aliphatic heterocycles. The third-order valence-corrected chi connectivity index (χ3v) is 2.72. The number of carbonyl (C=O) groups is 1. The number of ether oxygens (including phenoxy) is 1. The number of aryl methyl sites for hydroxylation is 1. The third-order valence-electron chi connectivity index (χ3n) is 2.72. The van der Waals surface area contributed by atoms with Gasteiger partial charge >= 0.3 is 5.97 Å². The number of esters is 1. The standard InChI is InChI=1S/C15H17N3O2/c1-3-20-15(19)13-6-4-5-7-14(13)17-10-12-8-9-16-11(2)18-12/h4-9,17H,3,10H2,1-2H3. The van der Waals surface area contributed by atoms with Gasteiger partial charge in [0.05, 0.1) is 24.4 Å². The van der Waals surface area contributed by atoms with Crippen LogP contribution in [0.25, 0.3) is 0 Å². The van der Waals surface area contributed by atoms with Crippen molar-refractivity contribution in [2.24, 2.45) is 0 Å². The van der Waals surface area contributed by atoms with Gasteiger partial charge in [-0.1, -0.05) is 12.1 Å². The van der Waals surface area contributed by atoms with Crippen LogP contribution in [-0.4, -0.2) is 22.5 Å². The van der Waals surface area contributed by atoms with Gasteiger partial charge in [0, 0.05) is 11.9 Å². The number of benzene rings is 1. The molecule has 0 saturated carbocycles. The number of rotatable bonds is 5. The highest BCUT2D eigenvalue weighted by atomic mass is 16.5. The highest BCUT2D eigenvalue weighted by Gasteiger charge is 2.11. The summed E-state index contributed by atoms with van der Waals surface area (Å²) < 4.78 is 5.04. The van der Waals surface area contributed by atoms with E-state index in [1.165, 1.54) is 0 Å². The number of hydrogen-bond donors (Lipinski definition) is 1. The van der Waals surface area contributed by atoms with E-state index in [9.17, 15) is 4.79 Å². The number of aromatic nitrogens is 2. The van der Waals surface area contributed by atoms with Crippen LogP contribution in [-0.2, 0) is 11.3 Å². The van der Waals surface area contributed by atoms with E-state index in [0.717, 1.165) is 17.2 Å². The molecule has 1 aromatic carbocycles. The van der Waals surface area contributed by atoms with E-state index in [4.69, 9.17) is 4.74 Å². The maximum atomic E-state index is 11.8. The Kier molecular flexibility index (Phi) is 4.65. The van der Waals surface area contributed by atoms with Crippen LogP contribution in [0.1, 0.15) is 28.8 Å². The zero-order valence-electron chi connectivity index (χ0n) is 11.6. The van der Waals surface area contributed by atoms with Crippen LogP contribution in [0.5, 0.6) is 0 Å². The van der Waals surface area contributed by atoms with E-state index in [-0.39, 0.29) is 5.97 Å². The number of para-hydroxylation sites is 1. The average Bonchev–Trinajstić information content (AvgIpc) is 2.46. The maximum absolute atomic E-state index is 11.8. The van der Waals surface area contributed by atoms with Gasteiger partial charge in [-0.2, -0.15) is 0 Å². The summed E-state index contributed by atoms with van der Waals surface area (Å²) in [6.45, 7) is 4.52. The zero-order valence-corrected chi connectivity index (χ0v) is 11.6. The van der Waals surface area contributed by atoms with Crippen LogP contribution in [0.2, 0.25) is 0 Å². The second-order valence-electron chi connectivity index (χ2n) is 4.21. The van der Waals surface area contributed by atoms with Gasteiger partial charge in [-0.3, -0.25) is 0 Å². The topological polar surface area (TPSA) is 64.1 Å². The molecule has 5 nitrogen and oxygen atoms in total. The van der Waals surface area contributed by atoms with Gasteiger partial charge in [-0.15, -0.1) is 0 Å². The first-order chi connectivity index (χ1) is 9.70. The Bertz CT molecular complexity index is 599. The van der Waals surface area contributed by atoms with Crippen LogP contribution in [0.3, 0.4) is 0 Å². The number of nitrogens with zero attached hydrogens (tertiary/aromatic N) is 2. The average molecular weight is 271 g/mol. The molecule has 20 heavy (non-hydrogen) atoms. The van der Waals surface area contributed by atoms with Crippen LogP contribution in [0, 0.1) is 6.92 Å². The molecule has 2 rings (SSSR count). The van der Waals surface area contributed by atoms with Crippen molar-refractivity contribution in [2.45, 2.75) is 20.4 Å². The molecule has 0 spiro atoms. The lowest BCUT2D eigenvalue weighted by Gasteiger charge is -2.11. The fraction of sp³-hybridized carbons (Fsp3) is 0.267. The monoisotopic (exact) mass is 271 g/mol. The summed E-state index contributed by atoms with van der Waals surface area (Å²) in [5, 5.41) is 3.20. The van der Waals surface area contributed by atoms with Gasteiger partial charge < -0.3 is 10.1 Å².